The van der Waals surface area contributed by atoms with Crippen molar-refractivity contribution in [2.45, 2.75) is 31.8 Å². The van der Waals surface area contributed by atoms with Crippen LogP contribution in [0.5, 0.6) is 11.5 Å². The number of phenolic OH excluding ortho intramolecular Hbond substituents is 1. The van der Waals surface area contributed by atoms with Crippen LogP contribution in [0.1, 0.15) is 31.4 Å². The zero-order chi connectivity index (χ0) is 12.3. The molecule has 2 N–H and O–H groups in total. The smallest absolute Gasteiger partial charge is 0.161 e. The Balaban J connectivity index is 2.18. The van der Waals surface area contributed by atoms with E-state index in [4.69, 9.17) is 10.00 Å². The molecule has 1 aliphatic rings. The second kappa shape index (κ2) is 5.07. The molecule has 0 heterocycles. The zero-order valence-electron chi connectivity index (χ0n) is 9.81. The Hall–Kier alpha value is -1.73. The number of aromatic hydroxyl groups is 1. The van der Waals surface area contributed by atoms with Gasteiger partial charge in [-0.05, 0) is 37.5 Å². The summed E-state index contributed by atoms with van der Waals surface area (Å²) in [5.74, 6) is 0.543. The van der Waals surface area contributed by atoms with E-state index < -0.39 is 0 Å². The van der Waals surface area contributed by atoms with Crippen LogP contribution >= 0.6 is 0 Å². The van der Waals surface area contributed by atoms with Crippen LogP contribution in [0, 0.1) is 11.3 Å². The highest BCUT2D eigenvalue weighted by molar-refractivity contribution is 5.43. The molecule has 0 amide bonds. The normalized spacial score (nSPS) is 16.2. The van der Waals surface area contributed by atoms with Crippen LogP contribution < -0.4 is 10.1 Å². The summed E-state index contributed by atoms with van der Waals surface area (Å²) in [6.45, 7) is 2.35. The lowest BCUT2D eigenvalue weighted by atomic mass is 10.1. The molecule has 1 atom stereocenters. The Morgan fingerprint density at radius 2 is 2.35 bits per heavy atom. The first-order valence-electron chi connectivity index (χ1n) is 5.86. The minimum absolute atomic E-state index is 0.110. The highest BCUT2D eigenvalue weighted by atomic mass is 16.5. The largest absolute Gasteiger partial charge is 0.504 e. The summed E-state index contributed by atoms with van der Waals surface area (Å²) in [5.41, 5.74) is 0.834. The second-order valence-electron chi connectivity index (χ2n) is 4.16. The van der Waals surface area contributed by atoms with Crippen LogP contribution in [0.25, 0.3) is 0 Å². The molecule has 1 fully saturated rings. The Kier molecular flexibility index (Phi) is 3.50. The summed E-state index contributed by atoms with van der Waals surface area (Å²) in [6, 6.07) is 7.41. The lowest BCUT2D eigenvalue weighted by Crippen LogP contribution is -2.21. The lowest BCUT2D eigenvalue weighted by Gasteiger charge is -2.13. The third-order valence-corrected chi connectivity index (χ3v) is 2.73. The molecule has 1 saturated carbocycles. The lowest BCUT2D eigenvalue weighted by molar-refractivity contribution is 0.317. The molecule has 0 spiro atoms. The molecule has 0 aromatic heterocycles. The summed E-state index contributed by atoms with van der Waals surface area (Å²) in [7, 11) is 0. The van der Waals surface area contributed by atoms with Gasteiger partial charge in [0.2, 0.25) is 0 Å². The van der Waals surface area contributed by atoms with Gasteiger partial charge in [0.15, 0.2) is 11.5 Å². The molecule has 4 heteroatoms. The fourth-order valence-electron chi connectivity index (χ4n) is 1.68. The van der Waals surface area contributed by atoms with Crippen molar-refractivity contribution >= 4 is 0 Å². The molecule has 0 radical (unpaired) electrons. The zero-order valence-corrected chi connectivity index (χ0v) is 9.81. The summed E-state index contributed by atoms with van der Waals surface area (Å²) >= 11 is 0. The van der Waals surface area contributed by atoms with E-state index in [0.29, 0.717) is 18.4 Å². The number of nitrogens with one attached hydrogen (secondary N) is 1. The van der Waals surface area contributed by atoms with Crippen LogP contribution in [0.3, 0.4) is 0 Å². The maximum absolute atomic E-state index is 9.59. The van der Waals surface area contributed by atoms with Crippen LogP contribution in [0.4, 0.5) is 0 Å². The van der Waals surface area contributed by atoms with Crippen LogP contribution in [0.2, 0.25) is 0 Å². The van der Waals surface area contributed by atoms with Gasteiger partial charge in [-0.3, -0.25) is 5.32 Å². The van der Waals surface area contributed by atoms with Crippen molar-refractivity contribution in [2.24, 2.45) is 0 Å². The van der Waals surface area contributed by atoms with Gasteiger partial charge in [-0.15, -0.1) is 0 Å². The Labute approximate surface area is 101 Å². The van der Waals surface area contributed by atoms with Gasteiger partial charge in [0.05, 0.1) is 12.7 Å². The van der Waals surface area contributed by atoms with E-state index in [2.05, 4.69) is 11.4 Å². The van der Waals surface area contributed by atoms with Crippen molar-refractivity contribution < 1.29 is 9.84 Å². The van der Waals surface area contributed by atoms with Gasteiger partial charge in [-0.25, -0.2) is 0 Å². The average Bonchev–Trinajstić information content (AvgIpc) is 3.13. The van der Waals surface area contributed by atoms with E-state index >= 15 is 0 Å². The number of ether oxygens (including phenoxy) is 1. The molecule has 17 heavy (non-hydrogen) atoms. The summed E-state index contributed by atoms with van der Waals surface area (Å²) in [6.07, 6.45) is 2.27. The number of rotatable bonds is 5. The monoisotopic (exact) mass is 232 g/mol. The predicted molar refractivity (Wildman–Crippen MR) is 63.8 cm³/mol. The van der Waals surface area contributed by atoms with E-state index in [-0.39, 0.29) is 11.8 Å². The molecule has 0 aliphatic heterocycles. The van der Waals surface area contributed by atoms with Gasteiger partial charge >= 0.3 is 0 Å². The number of hydrogen-bond donors (Lipinski definition) is 2. The van der Waals surface area contributed by atoms with Crippen molar-refractivity contribution in [3.8, 4) is 17.6 Å². The maximum Gasteiger partial charge on any atom is 0.161 e. The van der Waals surface area contributed by atoms with E-state index in [1.165, 1.54) is 0 Å². The van der Waals surface area contributed by atoms with E-state index in [1.54, 1.807) is 18.2 Å². The first kappa shape index (κ1) is 11.7. The van der Waals surface area contributed by atoms with E-state index in [9.17, 15) is 5.11 Å². The summed E-state index contributed by atoms with van der Waals surface area (Å²) < 4.78 is 5.31. The third kappa shape index (κ3) is 2.89. The molecule has 1 aromatic rings. The first-order chi connectivity index (χ1) is 8.24. The number of benzene rings is 1. The van der Waals surface area contributed by atoms with Crippen molar-refractivity contribution in [1.29, 1.82) is 5.26 Å². The highest BCUT2D eigenvalue weighted by Gasteiger charge is 2.25. The van der Waals surface area contributed by atoms with Crippen molar-refractivity contribution in [1.82, 2.24) is 5.32 Å². The Morgan fingerprint density at radius 3 is 2.94 bits per heavy atom. The third-order valence-electron chi connectivity index (χ3n) is 2.73. The van der Waals surface area contributed by atoms with Crippen molar-refractivity contribution in [2.75, 3.05) is 6.61 Å². The minimum atomic E-state index is -0.331. The van der Waals surface area contributed by atoms with Gasteiger partial charge in [-0.2, -0.15) is 5.26 Å². The van der Waals surface area contributed by atoms with E-state index in [0.717, 1.165) is 18.4 Å². The fraction of sp³-hybridized carbons (Fsp3) is 0.462. The van der Waals surface area contributed by atoms with Crippen molar-refractivity contribution in [3.63, 3.8) is 0 Å². The predicted octanol–water partition coefficient (Wildman–Crippen LogP) is 2.11. The van der Waals surface area contributed by atoms with Gasteiger partial charge in [-0.1, -0.05) is 6.07 Å². The van der Waals surface area contributed by atoms with Crippen LogP contribution in [-0.4, -0.2) is 17.8 Å². The maximum atomic E-state index is 9.59. The van der Waals surface area contributed by atoms with Gasteiger partial charge in [0.1, 0.15) is 6.04 Å². The quantitative estimate of drug-likeness (QED) is 0.816. The van der Waals surface area contributed by atoms with Gasteiger partial charge in [0, 0.05) is 6.04 Å². The first-order valence-corrected chi connectivity index (χ1v) is 5.86. The molecular weight excluding hydrogens is 216 g/mol. The molecule has 1 unspecified atom stereocenters. The Morgan fingerprint density at radius 1 is 1.59 bits per heavy atom. The molecule has 4 nitrogen and oxygen atoms in total. The minimum Gasteiger partial charge on any atom is -0.504 e. The van der Waals surface area contributed by atoms with Gasteiger partial charge < -0.3 is 9.84 Å². The number of nitriles is 1. The second-order valence-corrected chi connectivity index (χ2v) is 4.16. The Bertz CT molecular complexity index is 436. The SMILES string of the molecule is CCOc1cc(C(C#N)NC2CC2)ccc1O. The molecule has 90 valence electrons. The summed E-state index contributed by atoms with van der Waals surface area (Å²) in [4.78, 5) is 0. The number of nitrogens with zero attached hydrogens (tertiary/aromatic N) is 1. The molecule has 1 aliphatic carbocycles. The van der Waals surface area contributed by atoms with Crippen molar-refractivity contribution in [3.05, 3.63) is 23.8 Å². The van der Waals surface area contributed by atoms with Gasteiger partial charge in [0.25, 0.3) is 0 Å². The topological polar surface area (TPSA) is 65.3 Å². The van der Waals surface area contributed by atoms with E-state index in [1.807, 2.05) is 6.92 Å². The highest BCUT2D eigenvalue weighted by Crippen LogP contribution is 2.30. The number of hydrogen-bond acceptors (Lipinski definition) is 4. The van der Waals surface area contributed by atoms with Crippen LogP contribution in [-0.2, 0) is 0 Å². The van der Waals surface area contributed by atoms with Crippen LogP contribution in [0.15, 0.2) is 18.2 Å². The molecule has 0 bridgehead atoms. The molecule has 0 saturated heterocycles. The molecule has 2 rings (SSSR count). The molecule has 1 aromatic carbocycles. The standard InChI is InChI=1S/C13H16N2O2/c1-2-17-13-7-9(3-6-12(13)16)11(8-14)15-10-4-5-10/h3,6-7,10-11,15-16H,2,4-5H2,1H3. The summed E-state index contributed by atoms with van der Waals surface area (Å²) in [5, 5.41) is 22.0. The number of phenols is 1. The fourth-order valence-corrected chi connectivity index (χ4v) is 1.68. The molecular formula is C13H16N2O2. The average molecular weight is 232 g/mol.